The quantitative estimate of drug-likeness (QED) is 0.425. The van der Waals surface area contributed by atoms with Gasteiger partial charge in [-0.2, -0.15) is 10.1 Å². The van der Waals surface area contributed by atoms with Crippen LogP contribution in [0.1, 0.15) is 48.0 Å². The Morgan fingerprint density at radius 2 is 2.03 bits per heavy atom. The van der Waals surface area contributed by atoms with Crippen LogP contribution in [0.2, 0.25) is 0 Å². The number of fused-ring (bicyclic) bond motifs is 1. The molecule has 0 aromatic carbocycles. The largest absolute Gasteiger partial charge is 0.348 e. The Balaban J connectivity index is 1.30. The van der Waals surface area contributed by atoms with Gasteiger partial charge in [-0.25, -0.2) is 14.5 Å². The standard InChI is InChI=1S/C21H22N10O/c32-20(24-13-6-7-13)14-12-17(28-27-14)25-19-16-5-2-11-31(16)29-21(26-19)30-10-1-4-15(30)18-22-8-3-9-23-18/h2-3,5,8-9,11-13,15H,1,4,6-7,10H2,(H,24,32)(H2,25,26,27,28,29)/t15-/m0/s1. The maximum atomic E-state index is 12.3. The van der Waals surface area contributed by atoms with Crippen LogP contribution in [0.3, 0.4) is 0 Å². The fourth-order valence-electron chi connectivity index (χ4n) is 4.01. The third-order valence-electron chi connectivity index (χ3n) is 5.75. The molecule has 4 aromatic rings. The van der Waals surface area contributed by atoms with Gasteiger partial charge in [0, 0.05) is 37.2 Å². The lowest BCUT2D eigenvalue weighted by atomic mass is 10.2. The van der Waals surface area contributed by atoms with Crippen LogP contribution >= 0.6 is 0 Å². The van der Waals surface area contributed by atoms with Crippen molar-refractivity contribution in [2.75, 3.05) is 16.8 Å². The normalized spacial score (nSPS) is 18.2. The van der Waals surface area contributed by atoms with E-state index in [0.717, 1.165) is 43.6 Å². The van der Waals surface area contributed by atoms with Crippen molar-refractivity contribution in [2.45, 2.75) is 37.8 Å². The zero-order valence-corrected chi connectivity index (χ0v) is 17.3. The predicted molar refractivity (Wildman–Crippen MR) is 117 cm³/mol. The zero-order valence-electron chi connectivity index (χ0n) is 17.3. The van der Waals surface area contributed by atoms with Gasteiger partial charge < -0.3 is 15.5 Å². The first-order valence-electron chi connectivity index (χ1n) is 10.8. The van der Waals surface area contributed by atoms with Gasteiger partial charge in [-0.15, -0.1) is 5.10 Å². The second-order valence-corrected chi connectivity index (χ2v) is 8.10. The molecule has 0 bridgehead atoms. The molecule has 1 saturated heterocycles. The van der Waals surface area contributed by atoms with Gasteiger partial charge in [-0.05, 0) is 43.9 Å². The number of hydrogen-bond donors (Lipinski definition) is 3. The fraction of sp³-hybridized carbons (Fsp3) is 0.333. The third-order valence-corrected chi connectivity index (χ3v) is 5.75. The molecule has 4 aromatic heterocycles. The van der Waals surface area contributed by atoms with E-state index in [2.05, 4.69) is 35.7 Å². The van der Waals surface area contributed by atoms with Crippen molar-refractivity contribution in [3.63, 3.8) is 0 Å². The van der Waals surface area contributed by atoms with Crippen molar-refractivity contribution in [3.8, 4) is 0 Å². The van der Waals surface area contributed by atoms with E-state index < -0.39 is 0 Å². The summed E-state index contributed by atoms with van der Waals surface area (Å²) in [7, 11) is 0. The molecule has 3 N–H and O–H groups in total. The van der Waals surface area contributed by atoms with Crippen LogP contribution < -0.4 is 15.5 Å². The Hall–Kier alpha value is -4.02. The van der Waals surface area contributed by atoms with Crippen LogP contribution in [0.15, 0.2) is 42.9 Å². The lowest BCUT2D eigenvalue weighted by molar-refractivity contribution is 0.0946. The van der Waals surface area contributed by atoms with Crippen LogP contribution in [0, 0.1) is 0 Å². The molecule has 1 aliphatic heterocycles. The number of rotatable bonds is 6. The van der Waals surface area contributed by atoms with E-state index in [1.807, 2.05) is 24.4 Å². The highest BCUT2D eigenvalue weighted by Gasteiger charge is 2.31. The summed E-state index contributed by atoms with van der Waals surface area (Å²) in [5.41, 5.74) is 1.23. The zero-order chi connectivity index (χ0) is 21.5. The van der Waals surface area contributed by atoms with E-state index in [9.17, 15) is 4.79 Å². The molecule has 6 rings (SSSR count). The summed E-state index contributed by atoms with van der Waals surface area (Å²) in [5, 5.41) is 17.9. The fourth-order valence-corrected chi connectivity index (χ4v) is 4.01. The lowest BCUT2D eigenvalue weighted by Gasteiger charge is -2.24. The monoisotopic (exact) mass is 430 g/mol. The average Bonchev–Trinajstić information content (AvgIpc) is 3.23. The maximum absolute atomic E-state index is 12.3. The number of carbonyl (C=O) groups is 1. The number of amides is 1. The highest BCUT2D eigenvalue weighted by molar-refractivity contribution is 5.93. The van der Waals surface area contributed by atoms with E-state index in [1.54, 1.807) is 23.0 Å². The molecule has 0 unspecified atom stereocenters. The molecule has 1 amide bonds. The van der Waals surface area contributed by atoms with E-state index in [-0.39, 0.29) is 18.0 Å². The van der Waals surface area contributed by atoms with E-state index in [1.165, 1.54) is 0 Å². The maximum Gasteiger partial charge on any atom is 0.269 e. The summed E-state index contributed by atoms with van der Waals surface area (Å²) in [6, 6.07) is 7.67. The molecule has 1 atom stereocenters. The minimum atomic E-state index is -0.146. The van der Waals surface area contributed by atoms with Crippen LogP contribution in [0.5, 0.6) is 0 Å². The molecular weight excluding hydrogens is 408 g/mol. The lowest BCUT2D eigenvalue weighted by Crippen LogP contribution is -2.27. The number of H-pyrrole nitrogens is 1. The van der Waals surface area contributed by atoms with Crippen molar-refractivity contribution in [1.29, 1.82) is 0 Å². The molecule has 2 fully saturated rings. The molecule has 2 aliphatic rings. The summed E-state index contributed by atoms with van der Waals surface area (Å²) in [5.74, 6) is 2.35. The van der Waals surface area contributed by atoms with Crippen molar-refractivity contribution in [3.05, 3.63) is 54.4 Å². The number of nitrogens with one attached hydrogen (secondary N) is 3. The second-order valence-electron chi connectivity index (χ2n) is 8.10. The van der Waals surface area contributed by atoms with Crippen LogP contribution in [-0.4, -0.2) is 53.3 Å². The second kappa shape index (κ2) is 7.59. The number of carbonyl (C=O) groups excluding carboxylic acids is 1. The van der Waals surface area contributed by atoms with Crippen LogP contribution in [-0.2, 0) is 0 Å². The molecule has 11 heteroatoms. The Kier molecular flexibility index (Phi) is 4.44. The van der Waals surface area contributed by atoms with Gasteiger partial charge in [0.1, 0.15) is 11.2 Å². The SMILES string of the molecule is O=C(NC1CC1)c1cc(Nc2nc(N3CCC[C@H]3c3ncccn3)nn3cccc23)n[nH]1. The smallest absolute Gasteiger partial charge is 0.269 e. The summed E-state index contributed by atoms with van der Waals surface area (Å²) in [4.78, 5) is 28.1. The van der Waals surface area contributed by atoms with Gasteiger partial charge >= 0.3 is 0 Å². The van der Waals surface area contributed by atoms with Gasteiger partial charge in [0.2, 0.25) is 5.95 Å². The van der Waals surface area contributed by atoms with Crippen molar-refractivity contribution < 1.29 is 4.79 Å². The van der Waals surface area contributed by atoms with E-state index in [4.69, 9.17) is 10.1 Å². The van der Waals surface area contributed by atoms with Gasteiger partial charge in [-0.1, -0.05) is 0 Å². The highest BCUT2D eigenvalue weighted by atomic mass is 16.2. The molecule has 162 valence electrons. The van der Waals surface area contributed by atoms with E-state index in [0.29, 0.717) is 23.3 Å². The number of hydrogen-bond acceptors (Lipinski definition) is 8. The Bertz CT molecular complexity index is 1260. The summed E-state index contributed by atoms with van der Waals surface area (Å²) in [6.07, 6.45) is 9.43. The predicted octanol–water partition coefficient (Wildman–Crippen LogP) is 2.22. The molecule has 0 spiro atoms. The van der Waals surface area contributed by atoms with Crippen molar-refractivity contribution in [2.24, 2.45) is 0 Å². The average molecular weight is 430 g/mol. The molecule has 1 aliphatic carbocycles. The summed E-state index contributed by atoms with van der Waals surface area (Å²) >= 11 is 0. The van der Waals surface area contributed by atoms with Crippen molar-refractivity contribution in [1.82, 2.24) is 40.1 Å². The molecule has 11 nitrogen and oxygen atoms in total. The Labute approximate surface area is 183 Å². The first-order valence-corrected chi connectivity index (χ1v) is 10.8. The Morgan fingerprint density at radius 1 is 1.16 bits per heavy atom. The molecular formula is C21H22N10O. The molecule has 32 heavy (non-hydrogen) atoms. The third kappa shape index (κ3) is 3.51. The Morgan fingerprint density at radius 3 is 2.88 bits per heavy atom. The summed E-state index contributed by atoms with van der Waals surface area (Å²) < 4.78 is 1.79. The molecule has 0 radical (unpaired) electrons. The molecule has 1 saturated carbocycles. The number of anilines is 3. The van der Waals surface area contributed by atoms with Gasteiger partial charge in [0.05, 0.1) is 6.04 Å². The minimum absolute atomic E-state index is 0.0279. The topological polar surface area (TPSA) is 129 Å². The van der Waals surface area contributed by atoms with Crippen LogP contribution in [0.4, 0.5) is 17.6 Å². The van der Waals surface area contributed by atoms with Crippen molar-refractivity contribution >= 4 is 29.0 Å². The first kappa shape index (κ1) is 18.7. The number of aromatic amines is 1. The van der Waals surface area contributed by atoms with Gasteiger partial charge in [0.25, 0.3) is 5.91 Å². The van der Waals surface area contributed by atoms with Gasteiger partial charge in [-0.3, -0.25) is 9.89 Å². The molecule has 5 heterocycles. The summed E-state index contributed by atoms with van der Waals surface area (Å²) in [6.45, 7) is 0.822. The van der Waals surface area contributed by atoms with Crippen LogP contribution in [0.25, 0.3) is 5.52 Å². The number of aromatic nitrogens is 7. The van der Waals surface area contributed by atoms with Gasteiger partial charge in [0.15, 0.2) is 17.5 Å². The number of nitrogens with zero attached hydrogens (tertiary/aromatic N) is 7. The minimum Gasteiger partial charge on any atom is -0.348 e. The first-order chi connectivity index (χ1) is 15.7. The highest BCUT2D eigenvalue weighted by Crippen LogP contribution is 2.33. The van der Waals surface area contributed by atoms with E-state index >= 15 is 0 Å².